The van der Waals surface area contributed by atoms with Crippen molar-refractivity contribution in [3.8, 4) is 10.8 Å². The van der Waals surface area contributed by atoms with Crippen molar-refractivity contribution in [2.45, 2.75) is 25.0 Å². The maximum absolute atomic E-state index is 13.3. The highest BCUT2D eigenvalue weighted by Gasteiger charge is 2.29. The van der Waals surface area contributed by atoms with Gasteiger partial charge in [0.25, 0.3) is 5.91 Å². The van der Waals surface area contributed by atoms with E-state index in [2.05, 4.69) is 20.3 Å². The third kappa shape index (κ3) is 4.01. The summed E-state index contributed by atoms with van der Waals surface area (Å²) in [5.74, 6) is -0.141. The molecule has 1 N–H and O–H groups in total. The second-order valence-electron chi connectivity index (χ2n) is 6.16. The number of nitrogens with one attached hydrogen (secondary N) is 1. The maximum Gasteiger partial charge on any atom is 0.271 e. The number of hydrogen-bond acceptors (Lipinski definition) is 6. The minimum atomic E-state index is -0.362. The lowest BCUT2D eigenvalue weighted by molar-refractivity contribution is 0.0670. The minimum absolute atomic E-state index is 0.144. The summed E-state index contributed by atoms with van der Waals surface area (Å²) in [6, 6.07) is 7.48. The molecule has 1 aliphatic rings. The van der Waals surface area contributed by atoms with E-state index in [-0.39, 0.29) is 23.9 Å². The smallest absolute Gasteiger partial charge is 0.271 e. The van der Waals surface area contributed by atoms with Crippen LogP contribution in [0.25, 0.3) is 10.8 Å². The van der Waals surface area contributed by atoms with E-state index in [4.69, 9.17) is 4.74 Å². The van der Waals surface area contributed by atoms with E-state index >= 15 is 0 Å². The lowest BCUT2D eigenvalue weighted by Crippen LogP contribution is -2.36. The maximum atomic E-state index is 13.3. The van der Waals surface area contributed by atoms with E-state index in [1.165, 1.54) is 23.5 Å². The normalized spacial score (nSPS) is 17.6. The molecule has 0 unspecified atom stereocenters. The van der Waals surface area contributed by atoms with Crippen LogP contribution < -0.4 is 5.32 Å². The van der Waals surface area contributed by atoms with E-state index in [9.17, 15) is 9.18 Å². The van der Waals surface area contributed by atoms with Crippen molar-refractivity contribution in [1.82, 2.24) is 20.3 Å². The van der Waals surface area contributed by atoms with Gasteiger partial charge in [-0.05, 0) is 36.6 Å². The number of amides is 1. The quantitative estimate of drug-likeness (QED) is 0.730. The minimum Gasteiger partial charge on any atom is -0.376 e. The van der Waals surface area contributed by atoms with Crippen molar-refractivity contribution >= 4 is 17.2 Å². The Labute approximate surface area is 159 Å². The number of nitrogens with zero attached hydrogens (tertiary/aromatic N) is 3. The number of halogens is 1. The molecule has 0 spiro atoms. The molecule has 2 aromatic heterocycles. The molecule has 138 valence electrons. The third-order valence-corrected chi connectivity index (χ3v) is 5.18. The van der Waals surface area contributed by atoms with Gasteiger partial charge in [0.15, 0.2) is 10.8 Å². The number of carbonyl (C=O) groups is 1. The molecule has 1 fully saturated rings. The molecule has 1 aromatic carbocycles. The molecule has 1 saturated heterocycles. The van der Waals surface area contributed by atoms with E-state index < -0.39 is 0 Å². The van der Waals surface area contributed by atoms with Crippen molar-refractivity contribution in [3.63, 3.8) is 0 Å². The molecule has 0 radical (unpaired) electrons. The second kappa shape index (κ2) is 7.89. The summed E-state index contributed by atoms with van der Waals surface area (Å²) in [5, 5.41) is 5.25. The van der Waals surface area contributed by atoms with Crippen molar-refractivity contribution in [2.24, 2.45) is 0 Å². The van der Waals surface area contributed by atoms with Crippen LogP contribution in [0.3, 0.4) is 0 Å². The Morgan fingerprint density at radius 1 is 1.26 bits per heavy atom. The number of thiazole rings is 1. The van der Waals surface area contributed by atoms with Crippen LogP contribution in [0.15, 0.2) is 48.1 Å². The van der Waals surface area contributed by atoms with Crippen LogP contribution in [0.4, 0.5) is 4.39 Å². The third-order valence-electron chi connectivity index (χ3n) is 4.35. The fourth-order valence-electron chi connectivity index (χ4n) is 3.03. The lowest BCUT2D eigenvalue weighted by Gasteiger charge is -2.24. The van der Waals surface area contributed by atoms with E-state index in [0.717, 1.165) is 18.4 Å². The van der Waals surface area contributed by atoms with Crippen LogP contribution >= 0.6 is 11.3 Å². The lowest BCUT2D eigenvalue weighted by atomic mass is 9.99. The summed E-state index contributed by atoms with van der Waals surface area (Å²) in [7, 11) is 0. The fourth-order valence-corrected chi connectivity index (χ4v) is 3.78. The van der Waals surface area contributed by atoms with Gasteiger partial charge in [-0.15, -0.1) is 11.3 Å². The zero-order valence-electron chi connectivity index (χ0n) is 14.3. The summed E-state index contributed by atoms with van der Waals surface area (Å²) in [6.07, 6.45) is 4.89. The molecule has 8 heteroatoms. The molecule has 0 saturated carbocycles. The Hall–Kier alpha value is -2.71. The predicted octanol–water partition coefficient (Wildman–Crippen LogP) is 3.39. The summed E-state index contributed by atoms with van der Waals surface area (Å²) in [4.78, 5) is 25.4. The molecular formula is C19H17FN4O2S. The van der Waals surface area contributed by atoms with Crippen molar-refractivity contribution in [1.29, 1.82) is 0 Å². The van der Waals surface area contributed by atoms with Gasteiger partial charge in [0.1, 0.15) is 11.5 Å². The topological polar surface area (TPSA) is 77.0 Å². The van der Waals surface area contributed by atoms with Crippen LogP contribution in [-0.2, 0) is 4.74 Å². The van der Waals surface area contributed by atoms with E-state index in [1.54, 1.807) is 36.0 Å². The van der Waals surface area contributed by atoms with Gasteiger partial charge in [-0.25, -0.2) is 19.3 Å². The highest BCUT2D eigenvalue weighted by molar-refractivity contribution is 7.13. The van der Waals surface area contributed by atoms with Crippen LogP contribution in [0.2, 0.25) is 0 Å². The number of aromatic nitrogens is 3. The van der Waals surface area contributed by atoms with Gasteiger partial charge in [0.2, 0.25) is 0 Å². The fraction of sp³-hybridized carbons (Fsp3) is 0.263. The molecule has 3 heterocycles. The Kier molecular flexibility index (Phi) is 5.17. The Balaban J connectivity index is 1.55. The zero-order valence-corrected chi connectivity index (χ0v) is 15.2. The van der Waals surface area contributed by atoms with Crippen molar-refractivity contribution in [3.05, 3.63) is 65.2 Å². The molecule has 27 heavy (non-hydrogen) atoms. The highest BCUT2D eigenvalue weighted by Crippen LogP contribution is 2.28. The first-order valence-corrected chi connectivity index (χ1v) is 9.49. The summed E-state index contributed by atoms with van der Waals surface area (Å²) < 4.78 is 19.0. The molecule has 0 aliphatic carbocycles. The number of benzene rings is 1. The Bertz CT molecular complexity index is 911. The van der Waals surface area contributed by atoms with E-state index in [1.807, 2.05) is 0 Å². The van der Waals surface area contributed by atoms with Gasteiger partial charge in [-0.2, -0.15) is 0 Å². The predicted molar refractivity (Wildman–Crippen MR) is 98.7 cm³/mol. The first-order valence-electron chi connectivity index (χ1n) is 8.61. The SMILES string of the molecule is O=C(N[C@@H](c1ccc(F)cc1)[C@@H]1CCCO1)c1csc(-c2ncccn2)n1. The van der Waals surface area contributed by atoms with Crippen LogP contribution in [0.5, 0.6) is 0 Å². The average Bonchev–Trinajstić information content (AvgIpc) is 3.40. The number of ether oxygens (including phenoxy) is 1. The van der Waals surface area contributed by atoms with Gasteiger partial charge in [0.05, 0.1) is 12.1 Å². The Morgan fingerprint density at radius 3 is 2.74 bits per heavy atom. The summed E-state index contributed by atoms with van der Waals surface area (Å²) in [5.41, 5.74) is 1.10. The van der Waals surface area contributed by atoms with Gasteiger partial charge in [-0.3, -0.25) is 4.79 Å². The number of carbonyl (C=O) groups excluding carboxylic acids is 1. The molecular weight excluding hydrogens is 367 g/mol. The van der Waals surface area contributed by atoms with Crippen molar-refractivity contribution in [2.75, 3.05) is 6.61 Å². The monoisotopic (exact) mass is 384 g/mol. The standard InChI is InChI=1S/C19H17FN4O2S/c20-13-6-4-12(5-7-13)16(15-3-1-10-26-15)24-18(25)14-11-27-19(23-14)17-21-8-2-9-22-17/h2,4-9,11,15-16H,1,3,10H2,(H,24,25)/t15-,16-/m0/s1. The average molecular weight is 384 g/mol. The van der Waals surface area contributed by atoms with Gasteiger partial charge >= 0.3 is 0 Å². The largest absolute Gasteiger partial charge is 0.376 e. The first kappa shape index (κ1) is 17.7. The molecule has 2 atom stereocenters. The molecule has 3 aromatic rings. The molecule has 4 rings (SSSR count). The second-order valence-corrected chi connectivity index (χ2v) is 7.02. The summed E-state index contributed by atoms with van der Waals surface area (Å²) in [6.45, 7) is 0.657. The molecule has 6 nitrogen and oxygen atoms in total. The van der Waals surface area contributed by atoms with E-state index in [0.29, 0.717) is 23.1 Å². The van der Waals surface area contributed by atoms with Gasteiger partial charge in [0, 0.05) is 24.4 Å². The number of hydrogen-bond donors (Lipinski definition) is 1. The molecule has 1 aliphatic heterocycles. The summed E-state index contributed by atoms with van der Waals surface area (Å²) >= 11 is 1.31. The number of rotatable bonds is 5. The van der Waals surface area contributed by atoms with Crippen LogP contribution in [0.1, 0.15) is 34.9 Å². The van der Waals surface area contributed by atoms with Gasteiger partial charge < -0.3 is 10.1 Å². The first-order chi connectivity index (χ1) is 13.2. The highest BCUT2D eigenvalue weighted by atomic mass is 32.1. The molecule has 1 amide bonds. The zero-order chi connectivity index (χ0) is 18.6. The van der Waals surface area contributed by atoms with Crippen LogP contribution in [-0.4, -0.2) is 33.6 Å². The van der Waals surface area contributed by atoms with Crippen molar-refractivity contribution < 1.29 is 13.9 Å². The van der Waals surface area contributed by atoms with Gasteiger partial charge in [-0.1, -0.05) is 12.1 Å². The van der Waals surface area contributed by atoms with Crippen LogP contribution in [0, 0.1) is 5.82 Å². The Morgan fingerprint density at radius 2 is 2.04 bits per heavy atom. The molecule has 0 bridgehead atoms.